The molecule has 0 unspecified atom stereocenters. The first-order valence-corrected chi connectivity index (χ1v) is 10.2. The molecular formula is C23H20BrN3O4. The molecule has 31 heavy (non-hydrogen) atoms. The van der Waals surface area contributed by atoms with Gasteiger partial charge in [-0.3, -0.25) is 4.79 Å². The van der Waals surface area contributed by atoms with Crippen LogP contribution in [0.2, 0.25) is 0 Å². The van der Waals surface area contributed by atoms with Crippen molar-refractivity contribution in [3.63, 3.8) is 0 Å². The van der Waals surface area contributed by atoms with E-state index in [4.69, 9.17) is 13.9 Å². The van der Waals surface area contributed by atoms with Crippen molar-refractivity contribution in [3.05, 3.63) is 76.2 Å². The number of hydrogen-bond acceptors (Lipinski definition) is 5. The predicted molar refractivity (Wildman–Crippen MR) is 123 cm³/mol. The van der Waals surface area contributed by atoms with Gasteiger partial charge in [-0.1, -0.05) is 15.9 Å². The van der Waals surface area contributed by atoms with Gasteiger partial charge in [0.15, 0.2) is 17.1 Å². The third kappa shape index (κ3) is 4.34. The third-order valence-electron chi connectivity index (χ3n) is 4.75. The molecule has 0 aliphatic rings. The number of carbonyl (C=O) groups is 1. The number of halogens is 1. The van der Waals surface area contributed by atoms with Crippen LogP contribution in [0.25, 0.3) is 16.7 Å². The first-order valence-electron chi connectivity index (χ1n) is 9.42. The number of rotatable bonds is 6. The van der Waals surface area contributed by atoms with Gasteiger partial charge in [0.05, 0.1) is 20.4 Å². The Morgan fingerprint density at radius 2 is 1.90 bits per heavy atom. The minimum absolute atomic E-state index is 0.149. The Hall–Kier alpha value is -3.52. The van der Waals surface area contributed by atoms with Crippen LogP contribution in [0.15, 0.2) is 68.7 Å². The minimum Gasteiger partial charge on any atom is -0.497 e. The van der Waals surface area contributed by atoms with E-state index in [-0.39, 0.29) is 5.76 Å². The zero-order valence-electron chi connectivity index (χ0n) is 17.2. The number of hydrazone groups is 1. The summed E-state index contributed by atoms with van der Waals surface area (Å²) in [6.45, 7) is 2.00. The quantitative estimate of drug-likeness (QED) is 0.307. The molecule has 2 heterocycles. The number of carbonyl (C=O) groups excluding carboxylic acids is 1. The van der Waals surface area contributed by atoms with E-state index >= 15 is 0 Å². The Kier molecular flexibility index (Phi) is 5.81. The average molecular weight is 482 g/mol. The molecule has 0 fully saturated rings. The van der Waals surface area contributed by atoms with Gasteiger partial charge in [-0.15, -0.1) is 0 Å². The number of ether oxygens (including phenoxy) is 2. The van der Waals surface area contributed by atoms with Crippen LogP contribution >= 0.6 is 15.9 Å². The maximum Gasteiger partial charge on any atom is 0.307 e. The van der Waals surface area contributed by atoms with E-state index in [1.807, 2.05) is 54.1 Å². The van der Waals surface area contributed by atoms with E-state index in [0.29, 0.717) is 11.3 Å². The van der Waals surface area contributed by atoms with E-state index in [0.717, 1.165) is 32.6 Å². The van der Waals surface area contributed by atoms with Gasteiger partial charge in [-0.2, -0.15) is 5.10 Å². The second-order valence-electron chi connectivity index (χ2n) is 6.82. The van der Waals surface area contributed by atoms with E-state index in [2.05, 4.69) is 26.5 Å². The lowest BCUT2D eigenvalue weighted by Gasteiger charge is -2.06. The van der Waals surface area contributed by atoms with Crippen LogP contribution in [0, 0.1) is 6.92 Å². The highest BCUT2D eigenvalue weighted by Crippen LogP contribution is 2.32. The fourth-order valence-electron chi connectivity index (χ4n) is 3.26. The van der Waals surface area contributed by atoms with Crippen LogP contribution in [0.4, 0.5) is 0 Å². The van der Waals surface area contributed by atoms with E-state index in [1.54, 1.807) is 32.6 Å². The van der Waals surface area contributed by atoms with Crippen molar-refractivity contribution in [2.24, 2.45) is 5.10 Å². The molecule has 0 bridgehead atoms. The van der Waals surface area contributed by atoms with Crippen LogP contribution in [0.1, 0.15) is 21.8 Å². The smallest absolute Gasteiger partial charge is 0.307 e. The molecular weight excluding hydrogens is 462 g/mol. The van der Waals surface area contributed by atoms with E-state index in [1.165, 1.54) is 0 Å². The summed E-state index contributed by atoms with van der Waals surface area (Å²) in [6, 6.07) is 15.0. The van der Waals surface area contributed by atoms with Crippen molar-refractivity contribution in [2.45, 2.75) is 6.92 Å². The Bertz CT molecular complexity index is 1270. The molecule has 0 radical (unpaired) electrons. The van der Waals surface area contributed by atoms with Gasteiger partial charge in [0.1, 0.15) is 5.75 Å². The molecule has 0 saturated heterocycles. The third-order valence-corrected chi connectivity index (χ3v) is 5.21. The molecule has 4 rings (SSSR count). The molecule has 1 amide bonds. The van der Waals surface area contributed by atoms with Gasteiger partial charge in [0.2, 0.25) is 0 Å². The van der Waals surface area contributed by atoms with Crippen LogP contribution < -0.4 is 14.9 Å². The van der Waals surface area contributed by atoms with Gasteiger partial charge < -0.3 is 18.5 Å². The second-order valence-corrected chi connectivity index (χ2v) is 7.73. The predicted octanol–water partition coefficient (Wildman–Crippen LogP) is 5.08. The summed E-state index contributed by atoms with van der Waals surface area (Å²) < 4.78 is 19.0. The van der Waals surface area contributed by atoms with Crippen LogP contribution in [-0.2, 0) is 0 Å². The summed E-state index contributed by atoms with van der Waals surface area (Å²) in [7, 11) is 3.19. The molecule has 4 aromatic rings. The fraction of sp³-hybridized carbons (Fsp3) is 0.130. The highest BCUT2D eigenvalue weighted by Gasteiger charge is 2.15. The number of aryl methyl sites for hydroxylation is 1. The average Bonchev–Trinajstić information content (AvgIpc) is 3.36. The summed E-state index contributed by atoms with van der Waals surface area (Å²) in [5.41, 5.74) is 5.90. The molecule has 0 atom stereocenters. The molecule has 158 valence electrons. The lowest BCUT2D eigenvalue weighted by atomic mass is 10.2. The summed E-state index contributed by atoms with van der Waals surface area (Å²) >= 11 is 3.42. The maximum atomic E-state index is 12.5. The molecule has 2 aromatic heterocycles. The number of methoxy groups -OCH3 is 2. The summed E-state index contributed by atoms with van der Waals surface area (Å²) in [4.78, 5) is 12.5. The van der Waals surface area contributed by atoms with Gasteiger partial charge in [0.25, 0.3) is 0 Å². The Morgan fingerprint density at radius 3 is 2.61 bits per heavy atom. The standard InChI is InChI=1S/C23H20BrN3O4/c1-14-8-15(13-27(14)18-4-6-19(29-2)7-5-18)12-25-26-23(28)21-10-16-9-17(24)11-20(30-3)22(16)31-21/h4-13H,1-3H3,(H,26,28)/b25-12-. The minimum atomic E-state index is -0.447. The number of nitrogens with one attached hydrogen (secondary N) is 1. The monoisotopic (exact) mass is 481 g/mol. The number of amides is 1. The van der Waals surface area contributed by atoms with E-state index < -0.39 is 5.91 Å². The first kappa shape index (κ1) is 20.7. The molecule has 0 aliphatic carbocycles. The van der Waals surface area contributed by atoms with Crippen molar-refractivity contribution in [2.75, 3.05) is 14.2 Å². The molecule has 1 N–H and O–H groups in total. The zero-order valence-corrected chi connectivity index (χ0v) is 18.8. The number of furan rings is 1. The van der Waals surface area contributed by atoms with E-state index in [9.17, 15) is 4.79 Å². The Labute approximate surface area is 187 Å². The number of nitrogens with zero attached hydrogens (tertiary/aromatic N) is 2. The maximum absolute atomic E-state index is 12.5. The highest BCUT2D eigenvalue weighted by molar-refractivity contribution is 9.10. The zero-order chi connectivity index (χ0) is 22.0. The number of aromatic nitrogens is 1. The van der Waals surface area contributed by atoms with Crippen LogP contribution in [0.3, 0.4) is 0 Å². The SMILES string of the molecule is COc1ccc(-n2cc(/C=N\NC(=O)c3cc4cc(Br)cc(OC)c4o3)cc2C)cc1. The largest absolute Gasteiger partial charge is 0.497 e. The van der Waals surface area contributed by atoms with Gasteiger partial charge in [-0.05, 0) is 55.5 Å². The topological polar surface area (TPSA) is 78.0 Å². The first-order chi connectivity index (χ1) is 15.0. The van der Waals surface area contributed by atoms with Gasteiger partial charge in [0, 0.05) is 33.0 Å². The van der Waals surface area contributed by atoms with Crippen LogP contribution in [-0.4, -0.2) is 30.9 Å². The molecule has 0 saturated carbocycles. The van der Waals surface area contributed by atoms with Crippen molar-refractivity contribution in [1.82, 2.24) is 9.99 Å². The summed E-state index contributed by atoms with van der Waals surface area (Å²) in [6.07, 6.45) is 3.53. The van der Waals surface area contributed by atoms with Crippen molar-refractivity contribution in [1.29, 1.82) is 0 Å². The normalized spacial score (nSPS) is 11.2. The molecule has 7 nitrogen and oxygen atoms in total. The number of hydrogen-bond donors (Lipinski definition) is 1. The number of fused-ring (bicyclic) bond motifs is 1. The van der Waals surface area contributed by atoms with Crippen LogP contribution in [0.5, 0.6) is 11.5 Å². The van der Waals surface area contributed by atoms with Gasteiger partial charge >= 0.3 is 5.91 Å². The Balaban J connectivity index is 1.48. The van der Waals surface area contributed by atoms with Gasteiger partial charge in [-0.25, -0.2) is 5.43 Å². The van der Waals surface area contributed by atoms with Crippen molar-refractivity contribution < 1.29 is 18.7 Å². The number of benzene rings is 2. The Morgan fingerprint density at radius 1 is 1.13 bits per heavy atom. The molecule has 8 heteroatoms. The lowest BCUT2D eigenvalue weighted by Crippen LogP contribution is -2.16. The fourth-order valence-corrected chi connectivity index (χ4v) is 3.71. The lowest BCUT2D eigenvalue weighted by molar-refractivity contribution is 0.0929. The molecule has 0 aliphatic heterocycles. The molecule has 0 spiro atoms. The van der Waals surface area contributed by atoms with Crippen molar-refractivity contribution >= 4 is 39.0 Å². The summed E-state index contributed by atoms with van der Waals surface area (Å²) in [5.74, 6) is 1.04. The van der Waals surface area contributed by atoms with Crippen molar-refractivity contribution in [3.8, 4) is 17.2 Å². The highest BCUT2D eigenvalue weighted by atomic mass is 79.9. The molecule has 2 aromatic carbocycles. The second kappa shape index (κ2) is 8.69. The summed E-state index contributed by atoms with van der Waals surface area (Å²) in [5, 5.41) is 4.82.